The number of ether oxygens (including phenoxy) is 3. The van der Waals surface area contributed by atoms with Gasteiger partial charge in [-0.15, -0.1) is 0 Å². The number of carboxylic acids is 1. The Labute approximate surface area is 143 Å². The van der Waals surface area contributed by atoms with Gasteiger partial charge < -0.3 is 24.6 Å². The summed E-state index contributed by atoms with van der Waals surface area (Å²) in [5.74, 6) is -0.0567. The van der Waals surface area contributed by atoms with Gasteiger partial charge in [0.15, 0.2) is 11.5 Å². The van der Waals surface area contributed by atoms with Crippen molar-refractivity contribution in [1.29, 1.82) is 0 Å². The molecule has 7 heteroatoms. The number of carbonyl (C=O) groups excluding carboxylic acids is 1. The number of benzene rings is 2. The van der Waals surface area contributed by atoms with Crippen LogP contribution in [0.25, 0.3) is 6.08 Å². The Bertz CT molecular complexity index is 841. The molecule has 1 heterocycles. The molecule has 1 aliphatic rings. The van der Waals surface area contributed by atoms with Crippen LogP contribution in [0.1, 0.15) is 15.9 Å². The number of methoxy groups -OCH3 is 1. The molecule has 0 saturated carbocycles. The van der Waals surface area contributed by atoms with E-state index in [2.05, 4.69) is 5.32 Å². The predicted molar refractivity (Wildman–Crippen MR) is 88.6 cm³/mol. The average Bonchev–Trinajstić information content (AvgIpc) is 3.08. The number of hydrogen-bond donors (Lipinski definition) is 2. The highest BCUT2D eigenvalue weighted by Gasteiger charge is 2.16. The maximum atomic E-state index is 12.2. The van der Waals surface area contributed by atoms with Gasteiger partial charge in [-0.2, -0.15) is 0 Å². The fourth-order valence-corrected chi connectivity index (χ4v) is 2.26. The molecule has 0 radical (unpaired) electrons. The second-order valence-electron chi connectivity index (χ2n) is 5.16. The lowest BCUT2D eigenvalue weighted by molar-refractivity contribution is -0.132. The number of carboxylic acid groups (broad SMARTS) is 1. The number of fused-ring (bicyclic) bond motifs is 1. The fraction of sp³-hybridized carbons (Fsp3) is 0.111. The summed E-state index contributed by atoms with van der Waals surface area (Å²) in [6.07, 6.45) is 1.35. The Morgan fingerprint density at radius 2 is 1.84 bits per heavy atom. The van der Waals surface area contributed by atoms with Crippen molar-refractivity contribution >= 4 is 18.0 Å². The summed E-state index contributed by atoms with van der Waals surface area (Å²) in [6.45, 7) is 0.127. The van der Waals surface area contributed by atoms with Gasteiger partial charge in [-0.25, -0.2) is 4.79 Å². The lowest BCUT2D eigenvalue weighted by Gasteiger charge is -2.07. The van der Waals surface area contributed by atoms with Gasteiger partial charge in [0, 0.05) is 5.56 Å². The van der Waals surface area contributed by atoms with E-state index < -0.39 is 11.9 Å². The Morgan fingerprint density at radius 1 is 1.12 bits per heavy atom. The van der Waals surface area contributed by atoms with Crippen molar-refractivity contribution in [3.63, 3.8) is 0 Å². The lowest BCUT2D eigenvalue weighted by Crippen LogP contribution is -2.27. The smallest absolute Gasteiger partial charge is 0.352 e. The highest BCUT2D eigenvalue weighted by atomic mass is 16.7. The van der Waals surface area contributed by atoms with E-state index in [9.17, 15) is 14.7 Å². The molecule has 1 amide bonds. The van der Waals surface area contributed by atoms with Gasteiger partial charge in [-0.1, -0.05) is 6.07 Å². The third kappa shape index (κ3) is 3.72. The Hall–Kier alpha value is -3.48. The van der Waals surface area contributed by atoms with E-state index in [0.29, 0.717) is 28.4 Å². The van der Waals surface area contributed by atoms with Crippen LogP contribution in [0.15, 0.2) is 48.2 Å². The van der Waals surface area contributed by atoms with Crippen molar-refractivity contribution in [2.24, 2.45) is 0 Å². The standard InChI is InChI=1S/C18H15NO6/c1-23-13-5-3-12(4-6-13)17(20)19-14(18(21)22)8-11-2-7-15-16(9-11)25-10-24-15/h2-9H,10H2,1H3,(H,19,20)(H,21,22)/b14-8+. The summed E-state index contributed by atoms with van der Waals surface area (Å²) in [4.78, 5) is 23.7. The third-order valence-corrected chi connectivity index (χ3v) is 3.54. The van der Waals surface area contributed by atoms with E-state index in [0.717, 1.165) is 0 Å². The first-order valence-electron chi connectivity index (χ1n) is 7.37. The third-order valence-electron chi connectivity index (χ3n) is 3.54. The van der Waals surface area contributed by atoms with Crippen molar-refractivity contribution < 1.29 is 28.9 Å². The number of rotatable bonds is 5. The molecule has 2 aromatic rings. The second-order valence-corrected chi connectivity index (χ2v) is 5.16. The van der Waals surface area contributed by atoms with Crippen LogP contribution in [0, 0.1) is 0 Å². The molecule has 2 N–H and O–H groups in total. The van der Waals surface area contributed by atoms with E-state index in [1.807, 2.05) is 0 Å². The van der Waals surface area contributed by atoms with Crippen LogP contribution in [0.4, 0.5) is 0 Å². The van der Waals surface area contributed by atoms with Gasteiger partial charge in [0.25, 0.3) is 5.91 Å². The highest BCUT2D eigenvalue weighted by molar-refractivity contribution is 6.02. The van der Waals surface area contributed by atoms with E-state index in [-0.39, 0.29) is 12.5 Å². The SMILES string of the molecule is COc1ccc(C(=O)N/C(=C/c2ccc3c(c2)OCO3)C(=O)O)cc1. The molecule has 0 aliphatic carbocycles. The van der Waals surface area contributed by atoms with Gasteiger partial charge in [0.2, 0.25) is 6.79 Å². The molecule has 0 unspecified atom stereocenters. The molecule has 0 saturated heterocycles. The predicted octanol–water partition coefficient (Wildman–Crippen LogP) is 2.28. The minimum absolute atomic E-state index is 0.127. The summed E-state index contributed by atoms with van der Waals surface area (Å²) < 4.78 is 15.5. The normalized spacial score (nSPS) is 12.6. The zero-order valence-corrected chi connectivity index (χ0v) is 13.3. The summed E-state index contributed by atoms with van der Waals surface area (Å²) >= 11 is 0. The molecule has 0 aromatic heterocycles. The summed E-state index contributed by atoms with van der Waals surface area (Å²) in [5.41, 5.74) is 0.634. The average molecular weight is 341 g/mol. The van der Waals surface area contributed by atoms with Crippen LogP contribution in [-0.4, -0.2) is 30.9 Å². The molecule has 0 bridgehead atoms. The van der Waals surface area contributed by atoms with Crippen molar-refractivity contribution in [1.82, 2.24) is 5.32 Å². The molecule has 2 aromatic carbocycles. The van der Waals surface area contributed by atoms with E-state index in [1.165, 1.54) is 13.2 Å². The number of amides is 1. The summed E-state index contributed by atoms with van der Waals surface area (Å²) in [7, 11) is 1.52. The lowest BCUT2D eigenvalue weighted by atomic mass is 10.1. The molecule has 128 valence electrons. The molecule has 1 aliphatic heterocycles. The minimum atomic E-state index is -1.25. The molecular weight excluding hydrogens is 326 g/mol. The zero-order chi connectivity index (χ0) is 17.8. The van der Waals surface area contributed by atoms with Crippen LogP contribution in [-0.2, 0) is 4.79 Å². The molecule has 0 fully saturated rings. The Kier molecular flexibility index (Phi) is 4.56. The molecule has 0 spiro atoms. The summed E-state index contributed by atoms with van der Waals surface area (Å²) in [5, 5.41) is 11.7. The van der Waals surface area contributed by atoms with Crippen LogP contribution in [0.2, 0.25) is 0 Å². The maximum Gasteiger partial charge on any atom is 0.352 e. The van der Waals surface area contributed by atoms with Crippen molar-refractivity contribution in [2.45, 2.75) is 0 Å². The molecule has 25 heavy (non-hydrogen) atoms. The first-order chi connectivity index (χ1) is 12.1. The zero-order valence-electron chi connectivity index (χ0n) is 13.3. The van der Waals surface area contributed by atoms with Crippen molar-refractivity contribution in [2.75, 3.05) is 13.9 Å². The van der Waals surface area contributed by atoms with E-state index in [1.54, 1.807) is 42.5 Å². The van der Waals surface area contributed by atoms with Crippen LogP contribution in [0.5, 0.6) is 17.2 Å². The van der Waals surface area contributed by atoms with Crippen LogP contribution < -0.4 is 19.5 Å². The number of nitrogens with one attached hydrogen (secondary N) is 1. The van der Waals surface area contributed by atoms with Gasteiger partial charge in [-0.3, -0.25) is 4.79 Å². The first kappa shape index (κ1) is 16.4. The van der Waals surface area contributed by atoms with Crippen LogP contribution in [0.3, 0.4) is 0 Å². The summed E-state index contributed by atoms with van der Waals surface area (Å²) in [6, 6.07) is 11.3. The molecular formula is C18H15NO6. The number of hydrogen-bond acceptors (Lipinski definition) is 5. The van der Waals surface area contributed by atoms with Crippen LogP contribution >= 0.6 is 0 Å². The van der Waals surface area contributed by atoms with Gasteiger partial charge >= 0.3 is 5.97 Å². The largest absolute Gasteiger partial charge is 0.497 e. The fourth-order valence-electron chi connectivity index (χ4n) is 2.26. The van der Waals surface area contributed by atoms with Gasteiger partial charge in [-0.05, 0) is 48.0 Å². The Balaban J connectivity index is 1.80. The number of aliphatic carboxylic acids is 1. The van der Waals surface area contributed by atoms with Crippen molar-refractivity contribution in [3.05, 3.63) is 59.3 Å². The van der Waals surface area contributed by atoms with Crippen molar-refractivity contribution in [3.8, 4) is 17.2 Å². The molecule has 7 nitrogen and oxygen atoms in total. The quantitative estimate of drug-likeness (QED) is 0.811. The molecule has 3 rings (SSSR count). The first-order valence-corrected chi connectivity index (χ1v) is 7.37. The van der Waals surface area contributed by atoms with E-state index in [4.69, 9.17) is 14.2 Å². The van der Waals surface area contributed by atoms with E-state index >= 15 is 0 Å². The number of carbonyl (C=O) groups is 2. The topological polar surface area (TPSA) is 94.1 Å². The second kappa shape index (κ2) is 6.96. The monoisotopic (exact) mass is 341 g/mol. The Morgan fingerprint density at radius 3 is 2.52 bits per heavy atom. The molecule has 0 atom stereocenters. The van der Waals surface area contributed by atoms with Gasteiger partial charge in [0.05, 0.1) is 7.11 Å². The maximum absolute atomic E-state index is 12.2. The minimum Gasteiger partial charge on any atom is -0.497 e. The van der Waals surface area contributed by atoms with Gasteiger partial charge in [0.1, 0.15) is 11.4 Å². The highest BCUT2D eigenvalue weighted by Crippen LogP contribution is 2.33.